The van der Waals surface area contributed by atoms with Crippen LogP contribution in [0.15, 0.2) is 0 Å². The number of carbonyl (C=O) groups excluding carboxylic acids is 3. The van der Waals surface area contributed by atoms with Crippen LogP contribution in [0.2, 0.25) is 0 Å². The van der Waals surface area contributed by atoms with E-state index in [9.17, 15) is 14.4 Å². The van der Waals surface area contributed by atoms with Crippen LogP contribution < -0.4 is 0 Å². The van der Waals surface area contributed by atoms with E-state index in [0.717, 1.165) is 32.4 Å². The number of ether oxygens (including phenoxy) is 3. The summed E-state index contributed by atoms with van der Waals surface area (Å²) in [5.41, 5.74) is -1.44. The van der Waals surface area contributed by atoms with Gasteiger partial charge in [-0.2, -0.15) is 15.2 Å². The molecule has 3 saturated heterocycles. The van der Waals surface area contributed by atoms with Crippen molar-refractivity contribution in [2.75, 3.05) is 85.8 Å². The number of likely N-dealkylation sites (N-methyl/N-ethyl adjacent to an activating group) is 1. The molecule has 15 heteroatoms. The lowest BCUT2D eigenvalue weighted by Gasteiger charge is -2.25. The van der Waals surface area contributed by atoms with Gasteiger partial charge in [-0.05, 0) is 88.6 Å². The Hall–Kier alpha value is -2.43. The average molecular weight is 664 g/mol. The van der Waals surface area contributed by atoms with Gasteiger partial charge in [-0.15, -0.1) is 0 Å². The van der Waals surface area contributed by atoms with Crippen molar-refractivity contribution >= 4 is 18.3 Å². The summed E-state index contributed by atoms with van der Waals surface area (Å²) in [6.07, 6.45) is 1.87. The van der Waals surface area contributed by atoms with E-state index in [-0.39, 0.29) is 12.7 Å². The van der Waals surface area contributed by atoms with Crippen molar-refractivity contribution in [2.45, 2.75) is 98.4 Å². The highest BCUT2D eigenvalue weighted by molar-refractivity contribution is 5.67. The van der Waals surface area contributed by atoms with Crippen LogP contribution in [0.3, 0.4) is 0 Å². The molecule has 3 amide bonds. The van der Waals surface area contributed by atoms with Gasteiger partial charge in [-0.25, -0.2) is 14.4 Å². The molecule has 15 nitrogen and oxygen atoms in total. The summed E-state index contributed by atoms with van der Waals surface area (Å²) in [6, 6.07) is 0. The predicted molar refractivity (Wildman–Crippen MR) is 172 cm³/mol. The van der Waals surface area contributed by atoms with Gasteiger partial charge in [0.05, 0.1) is 46.1 Å². The average Bonchev–Trinajstić information content (AvgIpc) is 3.40. The molecule has 0 saturated carbocycles. The number of hydroxylamine groups is 6. The van der Waals surface area contributed by atoms with Crippen LogP contribution >= 0.6 is 0 Å². The molecule has 1 N–H and O–H groups in total. The van der Waals surface area contributed by atoms with E-state index in [4.69, 9.17) is 33.8 Å². The highest BCUT2D eigenvalue weighted by atomic mass is 16.7. The molecule has 270 valence electrons. The second kappa shape index (κ2) is 20.1. The van der Waals surface area contributed by atoms with Crippen molar-refractivity contribution in [2.24, 2.45) is 0 Å². The molecule has 0 bridgehead atoms. The van der Waals surface area contributed by atoms with Crippen molar-refractivity contribution in [3.8, 4) is 0 Å². The number of hydrogen-bond donors (Lipinski definition) is 1. The lowest BCUT2D eigenvalue weighted by atomic mass is 10.2. The summed E-state index contributed by atoms with van der Waals surface area (Å²) in [5.74, 6) is 0. The molecule has 0 aromatic carbocycles. The van der Waals surface area contributed by atoms with Crippen molar-refractivity contribution in [3.63, 3.8) is 0 Å². The minimum absolute atomic E-state index is 0.117. The topological polar surface area (TPSA) is 143 Å². The standard InChI is InChI=1S/C11H22N2O4.C10H20N2O3.C10H19NO3/c1-11(2,3)17-10(15)13-5-4-12(6-8-14)7-9-16-13;1-10(2,3)15-9(13)12-6-5-11(4)7-8-14-12;1-10(2,3)14-9(12)11-7-5-4-6-8-13-11/h14H,4-9H2,1-3H3;5-8H2,1-4H3;4-8H2,1-3H3. The summed E-state index contributed by atoms with van der Waals surface area (Å²) in [4.78, 5) is 55.0. The van der Waals surface area contributed by atoms with E-state index in [1.807, 2.05) is 74.3 Å². The number of carbonyl (C=O) groups is 3. The first kappa shape index (κ1) is 41.6. The maximum Gasteiger partial charge on any atom is 0.434 e. The minimum Gasteiger partial charge on any atom is -0.442 e. The van der Waals surface area contributed by atoms with E-state index in [0.29, 0.717) is 59.1 Å². The molecule has 0 atom stereocenters. The Bertz CT molecular complexity index is 896. The second-order valence-corrected chi connectivity index (χ2v) is 14.2. The van der Waals surface area contributed by atoms with Gasteiger partial charge in [-0.1, -0.05) is 0 Å². The third-order valence-electron chi connectivity index (χ3n) is 6.14. The zero-order valence-corrected chi connectivity index (χ0v) is 30.0. The molecule has 3 aliphatic heterocycles. The lowest BCUT2D eigenvalue weighted by molar-refractivity contribution is -0.140. The smallest absolute Gasteiger partial charge is 0.434 e. The summed E-state index contributed by atoms with van der Waals surface area (Å²) >= 11 is 0. The molecule has 0 aromatic rings. The number of nitrogens with zero attached hydrogens (tertiary/aromatic N) is 5. The Balaban J connectivity index is 0.000000347. The normalized spacial score (nSPS) is 19.2. The molecule has 3 aliphatic rings. The van der Waals surface area contributed by atoms with Crippen LogP contribution in [-0.2, 0) is 28.7 Å². The third kappa shape index (κ3) is 19.9. The highest BCUT2D eigenvalue weighted by Gasteiger charge is 2.27. The van der Waals surface area contributed by atoms with Crippen LogP contribution in [0.5, 0.6) is 0 Å². The fourth-order valence-corrected chi connectivity index (χ4v) is 3.94. The van der Waals surface area contributed by atoms with Gasteiger partial charge in [0, 0.05) is 32.7 Å². The molecule has 0 aliphatic carbocycles. The molecule has 3 fully saturated rings. The molecular weight excluding hydrogens is 602 g/mol. The Kier molecular flexibility index (Phi) is 18.1. The summed E-state index contributed by atoms with van der Waals surface area (Å²) in [6.45, 7) is 23.5. The van der Waals surface area contributed by atoms with E-state index in [1.165, 1.54) is 15.2 Å². The van der Waals surface area contributed by atoms with Crippen molar-refractivity contribution in [1.82, 2.24) is 25.0 Å². The molecule has 0 radical (unpaired) electrons. The fraction of sp³-hybridized carbons (Fsp3) is 0.903. The molecule has 0 aromatic heterocycles. The molecule has 0 spiro atoms. The van der Waals surface area contributed by atoms with Crippen molar-refractivity contribution in [1.29, 1.82) is 0 Å². The largest absolute Gasteiger partial charge is 0.442 e. The quantitative estimate of drug-likeness (QED) is 0.428. The Morgan fingerprint density at radius 3 is 1.48 bits per heavy atom. The monoisotopic (exact) mass is 663 g/mol. The molecule has 0 unspecified atom stereocenters. The van der Waals surface area contributed by atoms with Gasteiger partial charge < -0.3 is 24.2 Å². The maximum atomic E-state index is 11.7. The number of β-amino-alcohol motifs (C(OH)–C–C–N with tert-alkyl or cyclic N) is 1. The summed E-state index contributed by atoms with van der Waals surface area (Å²) in [7, 11) is 2.00. The minimum atomic E-state index is -0.516. The maximum absolute atomic E-state index is 11.7. The molecule has 46 heavy (non-hydrogen) atoms. The first-order valence-electron chi connectivity index (χ1n) is 16.2. The van der Waals surface area contributed by atoms with Gasteiger partial charge in [0.2, 0.25) is 0 Å². The highest BCUT2D eigenvalue weighted by Crippen LogP contribution is 2.14. The Labute approximate surface area is 275 Å². The van der Waals surface area contributed by atoms with E-state index < -0.39 is 29.0 Å². The number of rotatable bonds is 2. The Morgan fingerprint density at radius 2 is 1.00 bits per heavy atom. The SMILES string of the molecule is CC(C)(C)OC(=O)N1CCCCCO1.CC(C)(C)OC(=O)N1CCN(CCO)CCO1.CN1CCON(C(=O)OC(C)(C)C)CC1. The van der Waals surface area contributed by atoms with Crippen molar-refractivity contribution in [3.05, 3.63) is 0 Å². The fourth-order valence-electron chi connectivity index (χ4n) is 3.94. The lowest BCUT2D eigenvalue weighted by Crippen LogP contribution is -2.38. The molecular formula is C31H61N5O10. The van der Waals surface area contributed by atoms with E-state index >= 15 is 0 Å². The van der Waals surface area contributed by atoms with Gasteiger partial charge >= 0.3 is 18.3 Å². The second-order valence-electron chi connectivity index (χ2n) is 14.2. The van der Waals surface area contributed by atoms with Crippen LogP contribution in [0.4, 0.5) is 14.4 Å². The third-order valence-corrected chi connectivity index (χ3v) is 6.14. The van der Waals surface area contributed by atoms with Crippen molar-refractivity contribution < 1.29 is 48.2 Å². The van der Waals surface area contributed by atoms with Crippen LogP contribution in [0.25, 0.3) is 0 Å². The number of amides is 3. The number of aliphatic hydroxyl groups excluding tert-OH is 1. The predicted octanol–water partition coefficient (Wildman–Crippen LogP) is 3.90. The molecule has 3 heterocycles. The summed E-state index contributed by atoms with van der Waals surface area (Å²) < 4.78 is 15.6. The van der Waals surface area contributed by atoms with Gasteiger partial charge in [0.15, 0.2) is 0 Å². The van der Waals surface area contributed by atoms with Crippen LogP contribution in [0.1, 0.15) is 81.6 Å². The van der Waals surface area contributed by atoms with Gasteiger partial charge in [0.1, 0.15) is 16.8 Å². The zero-order valence-electron chi connectivity index (χ0n) is 30.0. The Morgan fingerprint density at radius 1 is 0.565 bits per heavy atom. The van der Waals surface area contributed by atoms with Crippen LogP contribution in [-0.4, -0.2) is 151 Å². The van der Waals surface area contributed by atoms with Crippen LogP contribution in [0, 0.1) is 0 Å². The first-order valence-corrected chi connectivity index (χ1v) is 16.2. The molecule has 3 rings (SSSR count). The van der Waals surface area contributed by atoms with E-state index in [1.54, 1.807) is 0 Å². The number of aliphatic hydroxyl groups is 1. The summed E-state index contributed by atoms with van der Waals surface area (Å²) in [5, 5.41) is 12.7. The van der Waals surface area contributed by atoms with E-state index in [2.05, 4.69) is 4.90 Å². The first-order chi connectivity index (χ1) is 21.3. The van der Waals surface area contributed by atoms with Gasteiger partial charge in [-0.3, -0.25) is 19.4 Å². The van der Waals surface area contributed by atoms with Gasteiger partial charge in [0.25, 0.3) is 0 Å². The zero-order chi connectivity index (χ0) is 35.0. The number of hydrogen-bond acceptors (Lipinski definition) is 12.